The molecule has 6 aromatic rings. The molecule has 0 saturated carbocycles. The van der Waals surface area contributed by atoms with E-state index in [0.717, 1.165) is 72.5 Å². The molecule has 0 aliphatic heterocycles. The lowest BCUT2D eigenvalue weighted by molar-refractivity contribution is 0.100. The number of amides is 1. The summed E-state index contributed by atoms with van der Waals surface area (Å²) in [5.74, 6) is -0.806. The smallest absolute Gasteiger partial charge is 0.249 e. The number of rotatable bonds is 12. The Kier molecular flexibility index (Phi) is 11.2. The molecular formula is C48H51N5O. The van der Waals surface area contributed by atoms with E-state index in [-0.39, 0.29) is 5.92 Å². The molecule has 0 aliphatic carbocycles. The lowest BCUT2D eigenvalue weighted by Crippen LogP contribution is -2.16. The van der Waals surface area contributed by atoms with E-state index < -0.39 is 5.91 Å². The average Bonchev–Trinajstić information content (AvgIpc) is 3.17. The minimum absolute atomic E-state index is 0.355. The Balaban J connectivity index is 1.68. The Morgan fingerprint density at radius 2 is 0.796 bits per heavy atom. The summed E-state index contributed by atoms with van der Waals surface area (Å²) in [6.45, 7) is 0. The molecule has 0 atom stereocenters. The molecule has 0 aromatic heterocycles. The Bertz CT molecular complexity index is 2060. The second-order valence-corrected chi connectivity index (χ2v) is 14.6. The highest BCUT2D eigenvalue weighted by Gasteiger charge is 2.22. The molecule has 6 heteroatoms. The first kappa shape index (κ1) is 37.5. The van der Waals surface area contributed by atoms with Crippen LogP contribution in [0.2, 0.25) is 0 Å². The van der Waals surface area contributed by atoms with Gasteiger partial charge in [0.15, 0.2) is 0 Å². The van der Waals surface area contributed by atoms with E-state index in [0.29, 0.717) is 5.56 Å². The predicted octanol–water partition coefficient (Wildman–Crippen LogP) is 9.55. The molecule has 0 saturated heterocycles. The van der Waals surface area contributed by atoms with Crippen molar-refractivity contribution in [2.45, 2.75) is 5.92 Å². The zero-order valence-electron chi connectivity index (χ0n) is 32.7. The maximum atomic E-state index is 13.6. The maximum absolute atomic E-state index is 13.6. The number of hydrogen-bond donors (Lipinski definition) is 1. The zero-order valence-corrected chi connectivity index (χ0v) is 32.7. The first-order valence-electron chi connectivity index (χ1n) is 18.3. The summed E-state index contributed by atoms with van der Waals surface area (Å²) in [7, 11) is 16.4. The molecule has 54 heavy (non-hydrogen) atoms. The van der Waals surface area contributed by atoms with E-state index in [1.807, 2.05) is 24.3 Å². The van der Waals surface area contributed by atoms with Gasteiger partial charge in [-0.15, -0.1) is 0 Å². The van der Waals surface area contributed by atoms with Crippen molar-refractivity contribution in [2.75, 3.05) is 76.0 Å². The summed E-state index contributed by atoms with van der Waals surface area (Å²) in [6, 6.07) is 46.8. The number of allylic oxidation sites excluding steroid dienone is 2. The number of anilines is 4. The first-order valence-corrected chi connectivity index (χ1v) is 18.3. The topological polar surface area (TPSA) is 56.1 Å². The highest BCUT2D eigenvalue weighted by Crippen LogP contribution is 2.38. The third-order valence-electron chi connectivity index (χ3n) is 10.0. The van der Waals surface area contributed by atoms with E-state index in [9.17, 15) is 4.79 Å². The van der Waals surface area contributed by atoms with Gasteiger partial charge in [-0.3, -0.25) is 4.79 Å². The van der Waals surface area contributed by atoms with Gasteiger partial charge in [0.25, 0.3) is 0 Å². The summed E-state index contributed by atoms with van der Waals surface area (Å²) < 4.78 is 0. The molecule has 1 amide bonds. The summed E-state index contributed by atoms with van der Waals surface area (Å²) in [4.78, 5) is 22.0. The second kappa shape index (κ2) is 16.2. The molecule has 0 fully saturated rings. The van der Waals surface area contributed by atoms with Crippen molar-refractivity contribution in [3.63, 3.8) is 0 Å². The van der Waals surface area contributed by atoms with Gasteiger partial charge in [0, 0.05) is 85.0 Å². The molecule has 2 N–H and O–H groups in total. The van der Waals surface area contributed by atoms with Crippen molar-refractivity contribution in [1.29, 1.82) is 0 Å². The molecule has 274 valence electrons. The van der Waals surface area contributed by atoms with E-state index in [2.05, 4.69) is 197 Å². The Labute approximate surface area is 321 Å². The number of carbonyl (C=O) groups is 1. The van der Waals surface area contributed by atoms with Gasteiger partial charge < -0.3 is 25.3 Å². The van der Waals surface area contributed by atoms with Crippen molar-refractivity contribution in [3.05, 3.63) is 179 Å². The van der Waals surface area contributed by atoms with Gasteiger partial charge >= 0.3 is 0 Å². The number of primary amides is 1. The SMILES string of the molecule is CN(C)c1ccc(C(=CC(C=C(c2ccc(N(C)C)cc2)c2ccc(N(C)C)cc2)c2ccc3ccccc3c2C(N)=O)c2ccc(N(C)C)cc2)cc1. The summed E-state index contributed by atoms with van der Waals surface area (Å²) >= 11 is 0. The van der Waals surface area contributed by atoms with E-state index >= 15 is 0 Å². The van der Waals surface area contributed by atoms with Crippen LogP contribution in [0.15, 0.2) is 146 Å². The van der Waals surface area contributed by atoms with Crippen molar-refractivity contribution in [1.82, 2.24) is 0 Å². The van der Waals surface area contributed by atoms with Gasteiger partial charge in [-0.25, -0.2) is 0 Å². The zero-order chi connectivity index (χ0) is 38.5. The Morgan fingerprint density at radius 3 is 1.11 bits per heavy atom. The number of nitrogens with two attached hydrogens (primary N) is 1. The van der Waals surface area contributed by atoms with Crippen LogP contribution in [-0.2, 0) is 0 Å². The summed E-state index contributed by atoms with van der Waals surface area (Å²) in [5, 5.41) is 1.81. The molecule has 0 heterocycles. The quantitative estimate of drug-likeness (QED) is 0.137. The number of carbonyl (C=O) groups excluding carboxylic acids is 1. The highest BCUT2D eigenvalue weighted by molar-refractivity contribution is 6.08. The van der Waals surface area contributed by atoms with Gasteiger partial charge in [-0.2, -0.15) is 0 Å². The normalized spacial score (nSPS) is 10.9. The third-order valence-corrected chi connectivity index (χ3v) is 10.0. The summed E-state index contributed by atoms with van der Waals surface area (Å²) in [5.41, 5.74) is 18.6. The minimum Gasteiger partial charge on any atom is -0.378 e. The van der Waals surface area contributed by atoms with Crippen molar-refractivity contribution in [2.24, 2.45) is 5.73 Å². The van der Waals surface area contributed by atoms with Gasteiger partial charge in [0.1, 0.15) is 0 Å². The van der Waals surface area contributed by atoms with E-state index in [4.69, 9.17) is 5.73 Å². The fourth-order valence-electron chi connectivity index (χ4n) is 6.90. The van der Waals surface area contributed by atoms with Gasteiger partial charge in [0.2, 0.25) is 5.91 Å². The maximum Gasteiger partial charge on any atom is 0.249 e. The fraction of sp³-hybridized carbons (Fsp3) is 0.188. The van der Waals surface area contributed by atoms with Crippen LogP contribution in [0, 0.1) is 0 Å². The second-order valence-electron chi connectivity index (χ2n) is 14.6. The van der Waals surface area contributed by atoms with Crippen LogP contribution in [0.1, 0.15) is 44.1 Å². The highest BCUT2D eigenvalue weighted by atomic mass is 16.1. The molecule has 6 rings (SSSR count). The van der Waals surface area contributed by atoms with E-state index in [1.165, 1.54) is 0 Å². The van der Waals surface area contributed by atoms with Gasteiger partial charge in [0.05, 0.1) is 5.56 Å². The van der Waals surface area contributed by atoms with Crippen molar-refractivity contribution >= 4 is 50.6 Å². The molecule has 0 aliphatic rings. The number of nitrogens with zero attached hydrogens (tertiary/aromatic N) is 4. The molecule has 0 radical (unpaired) electrons. The lowest BCUT2D eigenvalue weighted by Gasteiger charge is -2.22. The van der Waals surface area contributed by atoms with Crippen molar-refractivity contribution < 1.29 is 4.79 Å². The Morgan fingerprint density at radius 1 is 0.463 bits per heavy atom. The van der Waals surface area contributed by atoms with Crippen LogP contribution in [-0.4, -0.2) is 62.3 Å². The summed E-state index contributed by atoms with van der Waals surface area (Å²) in [6.07, 6.45) is 4.60. The molecule has 0 spiro atoms. The molecule has 0 unspecified atom stereocenters. The minimum atomic E-state index is -0.451. The standard InChI is InChI=1S/C48H51N5O/c1-50(2)39-22-13-34(14-23-39)45(35-15-24-40(25-16-35)51(3)4)31-38(44-30-21-33-11-9-10-12-43(33)47(44)48(49)54)32-46(36-17-26-41(27-18-36)52(5)6)37-19-28-42(29-20-37)53(7)8/h9-32,38H,1-8H3,(H2,49,54). The van der Waals surface area contributed by atoms with Crippen LogP contribution in [0.3, 0.4) is 0 Å². The third kappa shape index (κ3) is 8.18. The van der Waals surface area contributed by atoms with Crippen LogP contribution >= 0.6 is 0 Å². The predicted molar refractivity (Wildman–Crippen MR) is 232 cm³/mol. The van der Waals surface area contributed by atoms with Gasteiger partial charge in [-0.05, 0) is 98.3 Å². The van der Waals surface area contributed by atoms with Crippen molar-refractivity contribution in [3.8, 4) is 0 Å². The van der Waals surface area contributed by atoms with Crippen LogP contribution in [0.4, 0.5) is 22.7 Å². The van der Waals surface area contributed by atoms with Crippen LogP contribution < -0.4 is 25.3 Å². The molecular weight excluding hydrogens is 663 g/mol. The fourth-order valence-corrected chi connectivity index (χ4v) is 6.90. The van der Waals surface area contributed by atoms with Gasteiger partial charge in [-0.1, -0.05) is 97.1 Å². The molecule has 0 bridgehead atoms. The Hall–Kier alpha value is -6.27. The number of fused-ring (bicyclic) bond motifs is 1. The number of hydrogen-bond acceptors (Lipinski definition) is 5. The monoisotopic (exact) mass is 713 g/mol. The average molecular weight is 714 g/mol. The van der Waals surface area contributed by atoms with Crippen LogP contribution in [0.5, 0.6) is 0 Å². The number of benzene rings is 6. The largest absolute Gasteiger partial charge is 0.378 e. The van der Waals surface area contributed by atoms with E-state index in [1.54, 1.807) is 0 Å². The van der Waals surface area contributed by atoms with Crippen LogP contribution in [0.25, 0.3) is 21.9 Å². The molecule has 6 aromatic carbocycles. The lowest BCUT2D eigenvalue weighted by atomic mass is 9.83. The molecule has 6 nitrogen and oxygen atoms in total. The first-order chi connectivity index (χ1) is 25.9.